The van der Waals surface area contributed by atoms with E-state index in [2.05, 4.69) is 4.98 Å². The fraction of sp³-hybridized carbons (Fsp3) is 0.417. The van der Waals surface area contributed by atoms with Gasteiger partial charge in [0.05, 0.1) is 5.69 Å². The molecular weight excluding hydrogens is 220 g/mol. The molecule has 0 aromatic carbocycles. The molecule has 1 aromatic heterocycles. The third-order valence-corrected chi connectivity index (χ3v) is 1.81. The SMILES string of the molecule is CC(=O)N(C(=O)OC(C)(C)C)c1ccncc1. The number of pyridine rings is 1. The maximum atomic E-state index is 11.9. The molecule has 0 aliphatic heterocycles. The molecule has 0 N–H and O–H groups in total. The summed E-state index contributed by atoms with van der Waals surface area (Å²) in [6, 6.07) is 3.15. The van der Waals surface area contributed by atoms with Gasteiger partial charge in [0.2, 0.25) is 5.91 Å². The molecule has 5 heteroatoms. The maximum absolute atomic E-state index is 11.9. The van der Waals surface area contributed by atoms with Crippen LogP contribution in [0.15, 0.2) is 24.5 Å². The van der Waals surface area contributed by atoms with Crippen molar-refractivity contribution in [2.45, 2.75) is 33.3 Å². The van der Waals surface area contributed by atoms with Crippen molar-refractivity contribution in [3.05, 3.63) is 24.5 Å². The predicted molar refractivity (Wildman–Crippen MR) is 63.6 cm³/mol. The highest BCUT2D eigenvalue weighted by Crippen LogP contribution is 2.17. The van der Waals surface area contributed by atoms with E-state index in [1.54, 1.807) is 32.9 Å². The van der Waals surface area contributed by atoms with Crippen LogP contribution in [-0.2, 0) is 9.53 Å². The highest BCUT2D eigenvalue weighted by atomic mass is 16.6. The van der Waals surface area contributed by atoms with Gasteiger partial charge in [-0.05, 0) is 32.9 Å². The first kappa shape index (κ1) is 13.2. The van der Waals surface area contributed by atoms with E-state index in [9.17, 15) is 9.59 Å². The van der Waals surface area contributed by atoms with Gasteiger partial charge in [-0.25, -0.2) is 9.69 Å². The Morgan fingerprint density at radius 3 is 2.18 bits per heavy atom. The molecular formula is C12H16N2O3. The molecule has 0 saturated carbocycles. The van der Waals surface area contributed by atoms with Gasteiger partial charge in [-0.3, -0.25) is 9.78 Å². The normalized spacial score (nSPS) is 10.8. The Labute approximate surface area is 100 Å². The van der Waals surface area contributed by atoms with Crippen molar-refractivity contribution in [2.75, 3.05) is 4.90 Å². The topological polar surface area (TPSA) is 59.5 Å². The number of hydrogen-bond donors (Lipinski definition) is 0. The zero-order valence-electron chi connectivity index (χ0n) is 10.4. The Balaban J connectivity index is 2.96. The molecule has 0 bridgehead atoms. The van der Waals surface area contributed by atoms with Gasteiger partial charge in [0, 0.05) is 19.3 Å². The summed E-state index contributed by atoms with van der Waals surface area (Å²) in [5.41, 5.74) is -0.195. The fourth-order valence-electron chi connectivity index (χ4n) is 1.22. The summed E-state index contributed by atoms with van der Waals surface area (Å²) in [6.45, 7) is 6.55. The molecule has 1 aromatic rings. The molecule has 0 unspecified atom stereocenters. The number of aromatic nitrogens is 1. The Morgan fingerprint density at radius 2 is 1.76 bits per heavy atom. The minimum atomic E-state index is -0.684. The average molecular weight is 236 g/mol. The highest BCUT2D eigenvalue weighted by Gasteiger charge is 2.26. The monoisotopic (exact) mass is 236 g/mol. The Bertz CT molecular complexity index is 410. The van der Waals surface area contributed by atoms with E-state index in [1.807, 2.05) is 0 Å². The summed E-state index contributed by atoms with van der Waals surface area (Å²) < 4.78 is 5.16. The molecule has 1 heterocycles. The van der Waals surface area contributed by atoms with E-state index in [0.29, 0.717) is 5.69 Å². The Hall–Kier alpha value is -1.91. The van der Waals surface area contributed by atoms with Gasteiger partial charge in [0.25, 0.3) is 0 Å². The summed E-state index contributed by atoms with van der Waals surface area (Å²) in [4.78, 5) is 28.1. The van der Waals surface area contributed by atoms with Crippen molar-refractivity contribution in [2.24, 2.45) is 0 Å². The van der Waals surface area contributed by atoms with Crippen molar-refractivity contribution in [3.63, 3.8) is 0 Å². The molecule has 17 heavy (non-hydrogen) atoms. The van der Waals surface area contributed by atoms with Gasteiger partial charge in [0.1, 0.15) is 5.60 Å². The van der Waals surface area contributed by atoms with Gasteiger partial charge in [-0.2, -0.15) is 0 Å². The number of amides is 2. The molecule has 92 valence electrons. The van der Waals surface area contributed by atoms with Crippen molar-refractivity contribution >= 4 is 17.7 Å². The third-order valence-electron chi connectivity index (χ3n) is 1.81. The lowest BCUT2D eigenvalue weighted by molar-refractivity contribution is -0.116. The lowest BCUT2D eigenvalue weighted by Crippen LogP contribution is -2.39. The standard InChI is InChI=1S/C12H16N2O3/c1-9(15)14(10-5-7-13-8-6-10)11(16)17-12(2,3)4/h5-8H,1-4H3. The molecule has 0 aliphatic rings. The molecule has 0 saturated heterocycles. The zero-order valence-corrected chi connectivity index (χ0v) is 10.4. The van der Waals surface area contributed by atoms with E-state index < -0.39 is 17.6 Å². The summed E-state index contributed by atoms with van der Waals surface area (Å²) in [7, 11) is 0. The first-order valence-corrected chi connectivity index (χ1v) is 5.25. The molecule has 0 spiro atoms. The van der Waals surface area contributed by atoms with Crippen LogP contribution in [0.4, 0.5) is 10.5 Å². The van der Waals surface area contributed by atoms with Gasteiger partial charge in [0.15, 0.2) is 0 Å². The maximum Gasteiger partial charge on any atom is 0.421 e. The van der Waals surface area contributed by atoms with E-state index in [-0.39, 0.29) is 0 Å². The minimum absolute atomic E-state index is 0.398. The van der Waals surface area contributed by atoms with Gasteiger partial charge >= 0.3 is 6.09 Å². The smallest absolute Gasteiger partial charge is 0.421 e. The first-order chi connectivity index (χ1) is 7.81. The number of hydrogen-bond acceptors (Lipinski definition) is 4. The molecule has 0 fully saturated rings. The minimum Gasteiger partial charge on any atom is -0.443 e. The Morgan fingerprint density at radius 1 is 1.24 bits per heavy atom. The van der Waals surface area contributed by atoms with E-state index in [0.717, 1.165) is 4.90 Å². The highest BCUT2D eigenvalue weighted by molar-refractivity contribution is 6.11. The number of anilines is 1. The van der Waals surface area contributed by atoms with Crippen molar-refractivity contribution in [1.29, 1.82) is 0 Å². The first-order valence-electron chi connectivity index (χ1n) is 5.25. The summed E-state index contributed by atoms with van der Waals surface area (Å²) >= 11 is 0. The van der Waals surface area contributed by atoms with Crippen LogP contribution in [-0.4, -0.2) is 22.6 Å². The second-order valence-corrected chi connectivity index (χ2v) is 4.54. The van der Waals surface area contributed by atoms with Gasteiger partial charge in [-0.1, -0.05) is 0 Å². The fourth-order valence-corrected chi connectivity index (χ4v) is 1.22. The van der Waals surface area contributed by atoms with Gasteiger partial charge < -0.3 is 4.74 Å². The summed E-state index contributed by atoms with van der Waals surface area (Å²) in [5, 5.41) is 0. The van der Waals surface area contributed by atoms with Crippen LogP contribution in [0.5, 0.6) is 0 Å². The van der Waals surface area contributed by atoms with Crippen molar-refractivity contribution < 1.29 is 14.3 Å². The molecule has 5 nitrogen and oxygen atoms in total. The average Bonchev–Trinajstić information content (AvgIpc) is 2.15. The molecule has 0 aliphatic carbocycles. The van der Waals surface area contributed by atoms with Crippen LogP contribution in [0, 0.1) is 0 Å². The lowest BCUT2D eigenvalue weighted by atomic mass is 10.2. The summed E-state index contributed by atoms with van der Waals surface area (Å²) in [5.74, 6) is -0.398. The number of carbonyl (C=O) groups is 2. The zero-order chi connectivity index (χ0) is 13.1. The number of carbonyl (C=O) groups excluding carboxylic acids is 2. The predicted octanol–water partition coefficient (Wildman–Crippen LogP) is 2.37. The Kier molecular flexibility index (Phi) is 3.83. The second-order valence-electron chi connectivity index (χ2n) is 4.54. The lowest BCUT2D eigenvalue weighted by Gasteiger charge is -2.25. The number of imide groups is 1. The van der Waals surface area contributed by atoms with E-state index in [1.165, 1.54) is 19.3 Å². The molecule has 1 rings (SSSR count). The van der Waals surface area contributed by atoms with Crippen molar-refractivity contribution in [1.82, 2.24) is 4.98 Å². The number of ether oxygens (including phenoxy) is 1. The van der Waals surface area contributed by atoms with Crippen LogP contribution in [0.1, 0.15) is 27.7 Å². The molecule has 2 amide bonds. The third kappa shape index (κ3) is 3.86. The van der Waals surface area contributed by atoms with Crippen LogP contribution in [0.2, 0.25) is 0 Å². The van der Waals surface area contributed by atoms with Crippen LogP contribution in [0.3, 0.4) is 0 Å². The van der Waals surface area contributed by atoms with Crippen LogP contribution >= 0.6 is 0 Å². The van der Waals surface area contributed by atoms with Crippen LogP contribution < -0.4 is 4.90 Å². The van der Waals surface area contributed by atoms with Crippen LogP contribution in [0.25, 0.3) is 0 Å². The number of nitrogens with zero attached hydrogens (tertiary/aromatic N) is 2. The second kappa shape index (κ2) is 4.95. The molecule has 0 radical (unpaired) electrons. The summed E-state index contributed by atoms with van der Waals surface area (Å²) in [6.07, 6.45) is 2.34. The van der Waals surface area contributed by atoms with E-state index >= 15 is 0 Å². The quantitative estimate of drug-likeness (QED) is 0.751. The van der Waals surface area contributed by atoms with Gasteiger partial charge in [-0.15, -0.1) is 0 Å². The van der Waals surface area contributed by atoms with E-state index in [4.69, 9.17) is 4.74 Å². The van der Waals surface area contributed by atoms with Crippen molar-refractivity contribution in [3.8, 4) is 0 Å². The number of rotatable bonds is 1. The largest absolute Gasteiger partial charge is 0.443 e. The molecule has 0 atom stereocenters.